The summed E-state index contributed by atoms with van der Waals surface area (Å²) in [5.74, 6) is -1.96. The monoisotopic (exact) mass is 326 g/mol. The number of aliphatic hydroxyl groups is 1. The van der Waals surface area contributed by atoms with Crippen molar-refractivity contribution in [2.45, 2.75) is 64.0 Å². The molecule has 1 heterocycles. The van der Waals surface area contributed by atoms with Crippen LogP contribution in [-0.2, 0) is 19.1 Å². The highest BCUT2D eigenvalue weighted by atomic mass is 19.1. The van der Waals surface area contributed by atoms with Gasteiger partial charge in [-0.1, -0.05) is 18.2 Å². The lowest BCUT2D eigenvalue weighted by atomic mass is 9.79. The van der Waals surface area contributed by atoms with Crippen molar-refractivity contribution in [1.29, 1.82) is 0 Å². The summed E-state index contributed by atoms with van der Waals surface area (Å²) in [5, 5.41) is 10.4. The molecule has 1 saturated heterocycles. The molecule has 128 valence electrons. The second kappa shape index (κ2) is 6.43. The van der Waals surface area contributed by atoms with Crippen molar-refractivity contribution in [2.24, 2.45) is 5.92 Å². The van der Waals surface area contributed by atoms with Crippen LogP contribution in [-0.4, -0.2) is 41.0 Å². The topological polar surface area (TPSA) is 72.8 Å². The van der Waals surface area contributed by atoms with Gasteiger partial charge in [0.25, 0.3) is 0 Å². The van der Waals surface area contributed by atoms with E-state index < -0.39 is 41.8 Å². The number of hydrogen-bond donors (Lipinski definition) is 1. The van der Waals surface area contributed by atoms with Crippen molar-refractivity contribution < 1.29 is 28.6 Å². The zero-order valence-corrected chi connectivity index (χ0v) is 13.7. The minimum absolute atomic E-state index is 0.101. The third-order valence-electron chi connectivity index (χ3n) is 4.56. The number of rotatable bonds is 1. The standard InChI is InChI=1S/C17H23FO5/c1-9-6-5-7-17(4,18)15(20)14-13(10(2)16(21)23-14)12(8-9)22-11(3)19/h6,12-15,20H,2,5,7-8H2,1,3-4H3/b9-6+/t12-,13-,14+,15+,17?/m1/s1. The number of esters is 2. The van der Waals surface area contributed by atoms with Crippen LogP contribution in [0.5, 0.6) is 0 Å². The SMILES string of the molecule is C=C1C(=O)O[C@H]2[C@H]1[C@H](OC(C)=O)C/C(C)=C/CCC(C)(F)[C@H]2O. The second-order valence-electron chi connectivity index (χ2n) is 6.59. The summed E-state index contributed by atoms with van der Waals surface area (Å²) >= 11 is 0. The molecule has 0 radical (unpaired) electrons. The molecular weight excluding hydrogens is 303 g/mol. The first-order valence-electron chi connectivity index (χ1n) is 7.73. The van der Waals surface area contributed by atoms with Gasteiger partial charge in [-0.15, -0.1) is 0 Å². The maximum atomic E-state index is 14.8. The van der Waals surface area contributed by atoms with E-state index in [4.69, 9.17) is 9.47 Å². The Morgan fingerprint density at radius 3 is 2.83 bits per heavy atom. The number of aliphatic hydroxyl groups excluding tert-OH is 1. The third kappa shape index (κ3) is 3.63. The highest BCUT2D eigenvalue weighted by Crippen LogP contribution is 2.40. The van der Waals surface area contributed by atoms with Crippen LogP contribution in [0.1, 0.15) is 40.0 Å². The molecule has 0 aromatic heterocycles. The summed E-state index contributed by atoms with van der Waals surface area (Å²) in [4.78, 5) is 23.3. The summed E-state index contributed by atoms with van der Waals surface area (Å²) < 4.78 is 25.3. The van der Waals surface area contributed by atoms with Crippen LogP contribution in [0.25, 0.3) is 0 Å². The van der Waals surface area contributed by atoms with Gasteiger partial charge in [0.15, 0.2) is 0 Å². The average Bonchev–Trinajstić information content (AvgIpc) is 2.71. The Hall–Kier alpha value is -1.69. The van der Waals surface area contributed by atoms with Crippen LogP contribution in [0.3, 0.4) is 0 Å². The van der Waals surface area contributed by atoms with E-state index >= 15 is 0 Å². The zero-order chi connectivity index (χ0) is 17.4. The quantitative estimate of drug-likeness (QED) is 0.454. The van der Waals surface area contributed by atoms with E-state index in [1.807, 2.05) is 13.0 Å². The molecule has 1 N–H and O–H groups in total. The van der Waals surface area contributed by atoms with E-state index in [-0.39, 0.29) is 12.0 Å². The van der Waals surface area contributed by atoms with Gasteiger partial charge in [-0.25, -0.2) is 9.18 Å². The van der Waals surface area contributed by atoms with Gasteiger partial charge < -0.3 is 14.6 Å². The fourth-order valence-corrected chi connectivity index (χ4v) is 3.25. The Bertz CT molecular complexity index is 551. The predicted octanol–water partition coefficient (Wildman–Crippen LogP) is 2.24. The molecule has 0 saturated carbocycles. The van der Waals surface area contributed by atoms with Crippen molar-refractivity contribution in [3.63, 3.8) is 0 Å². The predicted molar refractivity (Wildman–Crippen MR) is 81.2 cm³/mol. The van der Waals surface area contributed by atoms with Crippen molar-refractivity contribution >= 4 is 11.9 Å². The van der Waals surface area contributed by atoms with Crippen LogP contribution < -0.4 is 0 Å². The Balaban J connectivity index is 2.45. The normalized spacial score (nSPS) is 40.7. The Labute approximate surface area is 135 Å². The minimum atomic E-state index is -1.93. The molecule has 2 rings (SSSR count). The van der Waals surface area contributed by atoms with Gasteiger partial charge in [0.05, 0.1) is 5.92 Å². The molecule has 23 heavy (non-hydrogen) atoms. The third-order valence-corrected chi connectivity index (χ3v) is 4.56. The van der Waals surface area contributed by atoms with Gasteiger partial charge >= 0.3 is 11.9 Å². The van der Waals surface area contributed by atoms with Gasteiger partial charge in [0.2, 0.25) is 0 Å². The number of fused-ring (bicyclic) bond motifs is 1. The van der Waals surface area contributed by atoms with Crippen LogP contribution in [0.4, 0.5) is 4.39 Å². The smallest absolute Gasteiger partial charge is 0.334 e. The first-order valence-corrected chi connectivity index (χ1v) is 7.73. The van der Waals surface area contributed by atoms with Gasteiger partial charge in [-0.05, 0) is 26.7 Å². The first kappa shape index (κ1) is 17.7. The zero-order valence-electron chi connectivity index (χ0n) is 13.7. The molecule has 5 nitrogen and oxygen atoms in total. The Morgan fingerprint density at radius 2 is 2.22 bits per heavy atom. The molecule has 1 aliphatic carbocycles. The van der Waals surface area contributed by atoms with Crippen molar-refractivity contribution in [1.82, 2.24) is 0 Å². The van der Waals surface area contributed by atoms with E-state index in [0.717, 1.165) is 5.57 Å². The number of alkyl halides is 1. The lowest BCUT2D eigenvalue weighted by Crippen LogP contribution is -2.49. The number of hydrogen-bond acceptors (Lipinski definition) is 5. The highest BCUT2D eigenvalue weighted by molar-refractivity contribution is 5.91. The molecule has 5 atom stereocenters. The number of ether oxygens (including phenoxy) is 2. The number of allylic oxidation sites excluding steroid dienone is 1. The summed E-state index contributed by atoms with van der Waals surface area (Å²) in [6.07, 6.45) is -0.558. The van der Waals surface area contributed by atoms with Crippen LogP contribution in [0.2, 0.25) is 0 Å². The van der Waals surface area contributed by atoms with E-state index in [1.54, 1.807) is 0 Å². The molecule has 1 unspecified atom stereocenters. The molecule has 1 aliphatic heterocycles. The van der Waals surface area contributed by atoms with Crippen LogP contribution in [0.15, 0.2) is 23.8 Å². The minimum Gasteiger partial charge on any atom is -0.461 e. The fourth-order valence-electron chi connectivity index (χ4n) is 3.25. The summed E-state index contributed by atoms with van der Waals surface area (Å²) in [6.45, 7) is 8.11. The Kier molecular flexibility index (Phi) is 4.94. The maximum Gasteiger partial charge on any atom is 0.334 e. The number of carbonyl (C=O) groups excluding carboxylic acids is 2. The number of halogens is 1. The molecular formula is C17H23FO5. The summed E-state index contributed by atoms with van der Waals surface area (Å²) in [5.41, 5.74) is -0.901. The van der Waals surface area contributed by atoms with Gasteiger partial charge in [0, 0.05) is 18.9 Å². The van der Waals surface area contributed by atoms with Crippen LogP contribution >= 0.6 is 0 Å². The van der Waals surface area contributed by atoms with Crippen molar-refractivity contribution in [3.8, 4) is 0 Å². The fraction of sp³-hybridized carbons (Fsp3) is 0.647. The van der Waals surface area contributed by atoms with E-state index in [9.17, 15) is 19.1 Å². The molecule has 0 amide bonds. The lowest BCUT2D eigenvalue weighted by Gasteiger charge is -2.35. The maximum absolute atomic E-state index is 14.8. The molecule has 2 aliphatic rings. The molecule has 0 spiro atoms. The Morgan fingerprint density at radius 1 is 1.57 bits per heavy atom. The highest BCUT2D eigenvalue weighted by Gasteiger charge is 2.53. The van der Waals surface area contributed by atoms with Gasteiger partial charge in [-0.3, -0.25) is 4.79 Å². The molecule has 1 fully saturated rings. The van der Waals surface area contributed by atoms with E-state index in [1.165, 1.54) is 13.8 Å². The lowest BCUT2D eigenvalue weighted by molar-refractivity contribution is -0.159. The van der Waals surface area contributed by atoms with Gasteiger partial charge in [0.1, 0.15) is 24.0 Å². The average molecular weight is 326 g/mol. The molecule has 0 bridgehead atoms. The second-order valence-corrected chi connectivity index (χ2v) is 6.59. The van der Waals surface area contributed by atoms with E-state index in [2.05, 4.69) is 6.58 Å². The number of carbonyl (C=O) groups is 2. The first-order chi connectivity index (χ1) is 10.6. The van der Waals surface area contributed by atoms with E-state index in [0.29, 0.717) is 12.8 Å². The largest absolute Gasteiger partial charge is 0.461 e. The van der Waals surface area contributed by atoms with Crippen molar-refractivity contribution in [3.05, 3.63) is 23.8 Å². The molecule has 0 aromatic carbocycles. The summed E-state index contributed by atoms with van der Waals surface area (Å²) in [6, 6.07) is 0. The van der Waals surface area contributed by atoms with Gasteiger partial charge in [-0.2, -0.15) is 0 Å². The summed E-state index contributed by atoms with van der Waals surface area (Å²) in [7, 11) is 0. The molecule has 6 heteroatoms. The molecule has 0 aromatic rings. The van der Waals surface area contributed by atoms with Crippen LogP contribution in [0, 0.1) is 5.92 Å². The van der Waals surface area contributed by atoms with Crippen molar-refractivity contribution in [2.75, 3.05) is 0 Å².